The van der Waals surface area contributed by atoms with E-state index in [2.05, 4.69) is 56.5 Å². The van der Waals surface area contributed by atoms with E-state index in [1.54, 1.807) is 0 Å². The first-order valence-corrected chi connectivity index (χ1v) is 9.71. The van der Waals surface area contributed by atoms with Crippen LogP contribution in [0.25, 0.3) is 0 Å². The molecule has 1 atom stereocenters. The highest BCUT2D eigenvalue weighted by atomic mass is 15.2. The molecule has 0 amide bonds. The lowest BCUT2D eigenvalue weighted by Crippen LogP contribution is -2.28. The molecular formula is C22H26N6. The van der Waals surface area contributed by atoms with Crippen LogP contribution in [-0.2, 0) is 13.0 Å². The number of benzene rings is 2. The summed E-state index contributed by atoms with van der Waals surface area (Å²) in [6.07, 6.45) is 3.50. The molecule has 3 N–H and O–H groups in total. The topological polar surface area (TPSA) is 80.0 Å². The minimum Gasteiger partial charge on any atom is -0.368 e. The van der Waals surface area contributed by atoms with Crippen LogP contribution in [0.2, 0.25) is 0 Å². The fourth-order valence-electron chi connectivity index (χ4n) is 3.92. The molecule has 0 spiro atoms. The molecule has 1 aliphatic rings. The van der Waals surface area contributed by atoms with Crippen LogP contribution in [0.4, 0.5) is 17.6 Å². The summed E-state index contributed by atoms with van der Waals surface area (Å²) >= 11 is 0. The van der Waals surface area contributed by atoms with Gasteiger partial charge >= 0.3 is 0 Å². The monoisotopic (exact) mass is 374 g/mol. The van der Waals surface area contributed by atoms with Crippen LogP contribution in [0.3, 0.4) is 0 Å². The predicted molar refractivity (Wildman–Crippen MR) is 112 cm³/mol. The number of fused-ring (bicyclic) bond motifs is 1. The van der Waals surface area contributed by atoms with Gasteiger partial charge in [-0.2, -0.15) is 15.0 Å². The van der Waals surface area contributed by atoms with Crippen molar-refractivity contribution in [2.75, 3.05) is 18.1 Å². The Kier molecular flexibility index (Phi) is 5.21. The number of nitrogen functional groups attached to an aromatic ring is 1. The Labute approximate surface area is 165 Å². The van der Waals surface area contributed by atoms with E-state index in [0.717, 1.165) is 24.1 Å². The fraction of sp³-hybridized carbons (Fsp3) is 0.318. The van der Waals surface area contributed by atoms with Gasteiger partial charge in [0.15, 0.2) is 0 Å². The van der Waals surface area contributed by atoms with Crippen molar-refractivity contribution in [1.82, 2.24) is 19.9 Å². The molecule has 1 aliphatic carbocycles. The Balaban J connectivity index is 1.54. The zero-order valence-corrected chi connectivity index (χ0v) is 16.4. The first-order valence-electron chi connectivity index (χ1n) is 9.71. The van der Waals surface area contributed by atoms with Crippen LogP contribution < -0.4 is 11.1 Å². The van der Waals surface area contributed by atoms with Crippen LogP contribution in [0.1, 0.15) is 41.4 Å². The van der Waals surface area contributed by atoms with Crippen molar-refractivity contribution in [3.63, 3.8) is 0 Å². The van der Waals surface area contributed by atoms with E-state index in [1.165, 1.54) is 17.5 Å². The Hall–Kier alpha value is -2.99. The standard InChI is InChI=1S/C22H26N6/c1-15-8-3-6-12-18(15)24-22-26-20(25-21(23)27-22)14-28(2)19-13-7-10-16-9-4-5-11-17(16)19/h3-6,8-9,11-12,19H,7,10,13-14H2,1-2H3,(H3,23,24,25,26,27)/t19-/m0/s1. The average molecular weight is 374 g/mol. The van der Waals surface area contributed by atoms with Crippen molar-refractivity contribution in [3.05, 3.63) is 71.0 Å². The van der Waals surface area contributed by atoms with E-state index in [0.29, 0.717) is 24.4 Å². The van der Waals surface area contributed by atoms with Gasteiger partial charge in [-0.25, -0.2) is 0 Å². The van der Waals surface area contributed by atoms with Crippen molar-refractivity contribution >= 4 is 17.6 Å². The van der Waals surface area contributed by atoms with E-state index in [4.69, 9.17) is 5.73 Å². The third-order valence-electron chi connectivity index (χ3n) is 5.35. The number of nitrogens with zero attached hydrogens (tertiary/aromatic N) is 4. The quantitative estimate of drug-likeness (QED) is 0.702. The van der Waals surface area contributed by atoms with Crippen molar-refractivity contribution in [2.45, 2.75) is 38.8 Å². The average Bonchev–Trinajstić information content (AvgIpc) is 2.69. The molecule has 28 heavy (non-hydrogen) atoms. The van der Waals surface area contributed by atoms with Gasteiger partial charge in [0.25, 0.3) is 0 Å². The second-order valence-electron chi connectivity index (χ2n) is 7.40. The highest BCUT2D eigenvalue weighted by Gasteiger charge is 2.24. The summed E-state index contributed by atoms with van der Waals surface area (Å²) in [6.45, 7) is 2.66. The molecule has 1 aromatic heterocycles. The van der Waals surface area contributed by atoms with Gasteiger partial charge in [0.1, 0.15) is 5.82 Å². The summed E-state index contributed by atoms with van der Waals surface area (Å²) < 4.78 is 0. The van der Waals surface area contributed by atoms with Crippen LogP contribution in [0, 0.1) is 6.92 Å². The molecule has 0 unspecified atom stereocenters. The Morgan fingerprint density at radius 3 is 2.71 bits per heavy atom. The van der Waals surface area contributed by atoms with Crippen molar-refractivity contribution < 1.29 is 0 Å². The van der Waals surface area contributed by atoms with E-state index >= 15 is 0 Å². The molecule has 1 heterocycles. The molecular weight excluding hydrogens is 348 g/mol. The lowest BCUT2D eigenvalue weighted by molar-refractivity contribution is 0.208. The molecule has 0 fully saturated rings. The molecule has 6 heteroatoms. The van der Waals surface area contributed by atoms with E-state index in [9.17, 15) is 0 Å². The summed E-state index contributed by atoms with van der Waals surface area (Å²) in [5.41, 5.74) is 10.9. The Morgan fingerprint density at radius 2 is 1.86 bits per heavy atom. The summed E-state index contributed by atoms with van der Waals surface area (Å²) in [6, 6.07) is 17.1. The smallest absolute Gasteiger partial charge is 0.232 e. The third-order valence-corrected chi connectivity index (χ3v) is 5.35. The molecule has 4 rings (SSSR count). The fourth-order valence-corrected chi connectivity index (χ4v) is 3.92. The van der Waals surface area contributed by atoms with Gasteiger partial charge in [0, 0.05) is 11.7 Å². The Bertz CT molecular complexity index is 971. The Morgan fingerprint density at radius 1 is 1.07 bits per heavy atom. The molecule has 0 radical (unpaired) electrons. The third kappa shape index (κ3) is 3.97. The number of para-hydroxylation sites is 1. The van der Waals surface area contributed by atoms with Crippen molar-refractivity contribution in [1.29, 1.82) is 0 Å². The highest BCUT2D eigenvalue weighted by Crippen LogP contribution is 2.34. The molecule has 0 aliphatic heterocycles. The predicted octanol–water partition coefficient (Wildman–Crippen LogP) is 4.02. The first-order chi connectivity index (χ1) is 13.6. The number of rotatable bonds is 5. The van der Waals surface area contributed by atoms with Gasteiger partial charge in [-0.15, -0.1) is 0 Å². The molecule has 3 aromatic rings. The van der Waals surface area contributed by atoms with Crippen LogP contribution in [0.15, 0.2) is 48.5 Å². The first kappa shape index (κ1) is 18.4. The summed E-state index contributed by atoms with van der Waals surface area (Å²) in [5.74, 6) is 1.39. The van der Waals surface area contributed by atoms with E-state index < -0.39 is 0 Å². The summed E-state index contributed by atoms with van der Waals surface area (Å²) in [5, 5.41) is 3.26. The highest BCUT2D eigenvalue weighted by molar-refractivity contribution is 5.58. The van der Waals surface area contributed by atoms with E-state index in [1.807, 2.05) is 31.2 Å². The number of aryl methyl sites for hydroxylation is 2. The molecule has 2 aromatic carbocycles. The van der Waals surface area contributed by atoms with Gasteiger partial charge in [0.2, 0.25) is 11.9 Å². The second-order valence-corrected chi connectivity index (χ2v) is 7.40. The van der Waals surface area contributed by atoms with Crippen LogP contribution >= 0.6 is 0 Å². The van der Waals surface area contributed by atoms with Gasteiger partial charge in [0.05, 0.1) is 6.54 Å². The van der Waals surface area contributed by atoms with Crippen LogP contribution in [-0.4, -0.2) is 26.9 Å². The number of anilines is 3. The van der Waals surface area contributed by atoms with Gasteiger partial charge in [-0.3, -0.25) is 4.90 Å². The van der Waals surface area contributed by atoms with Gasteiger partial charge in [-0.05, 0) is 56.0 Å². The van der Waals surface area contributed by atoms with E-state index in [-0.39, 0.29) is 5.95 Å². The molecule has 6 nitrogen and oxygen atoms in total. The number of aromatic nitrogens is 3. The van der Waals surface area contributed by atoms with Gasteiger partial charge < -0.3 is 11.1 Å². The zero-order valence-electron chi connectivity index (χ0n) is 16.4. The zero-order chi connectivity index (χ0) is 19.5. The number of nitrogens with one attached hydrogen (secondary N) is 1. The summed E-state index contributed by atoms with van der Waals surface area (Å²) in [7, 11) is 2.13. The van der Waals surface area contributed by atoms with Crippen LogP contribution in [0.5, 0.6) is 0 Å². The van der Waals surface area contributed by atoms with Crippen molar-refractivity contribution in [2.24, 2.45) is 0 Å². The molecule has 0 saturated heterocycles. The van der Waals surface area contributed by atoms with Gasteiger partial charge in [-0.1, -0.05) is 42.5 Å². The SMILES string of the molecule is Cc1ccccc1Nc1nc(N)nc(CN(C)[C@H]2CCCc3ccccc32)n1. The maximum Gasteiger partial charge on any atom is 0.232 e. The minimum absolute atomic E-state index is 0.235. The number of hydrogen-bond donors (Lipinski definition) is 2. The lowest BCUT2D eigenvalue weighted by atomic mass is 9.87. The maximum absolute atomic E-state index is 5.96. The summed E-state index contributed by atoms with van der Waals surface area (Å²) in [4.78, 5) is 15.5. The molecule has 0 bridgehead atoms. The molecule has 0 saturated carbocycles. The largest absolute Gasteiger partial charge is 0.368 e. The maximum atomic E-state index is 5.96. The second kappa shape index (κ2) is 7.94. The molecule has 144 valence electrons. The normalized spacial score (nSPS) is 16.0. The number of nitrogens with two attached hydrogens (primary N) is 1. The van der Waals surface area contributed by atoms with Crippen molar-refractivity contribution in [3.8, 4) is 0 Å². The lowest BCUT2D eigenvalue weighted by Gasteiger charge is -2.32. The minimum atomic E-state index is 0.235. The number of hydrogen-bond acceptors (Lipinski definition) is 6.